The van der Waals surface area contributed by atoms with Gasteiger partial charge in [0, 0.05) is 6.42 Å². The SMILES string of the molecule is CCCCC(C)(C)OC(=O)C(=O)OCCc1cc(I)sc1Br. The van der Waals surface area contributed by atoms with Gasteiger partial charge in [-0.1, -0.05) is 13.3 Å². The number of ether oxygens (including phenoxy) is 2. The van der Waals surface area contributed by atoms with E-state index in [1.54, 1.807) is 25.2 Å². The first-order valence-corrected chi connectivity index (χ1v) is 9.78. The highest BCUT2D eigenvalue weighted by Crippen LogP contribution is 2.29. The van der Waals surface area contributed by atoms with Gasteiger partial charge in [0.05, 0.1) is 13.3 Å². The van der Waals surface area contributed by atoms with E-state index in [2.05, 4.69) is 45.4 Å². The summed E-state index contributed by atoms with van der Waals surface area (Å²) in [7, 11) is 0. The zero-order valence-electron chi connectivity index (χ0n) is 12.9. The smallest absolute Gasteiger partial charge is 0.418 e. The average molecular weight is 503 g/mol. The van der Waals surface area contributed by atoms with Crippen LogP contribution in [0.25, 0.3) is 0 Å². The van der Waals surface area contributed by atoms with Crippen molar-refractivity contribution in [2.75, 3.05) is 6.61 Å². The van der Waals surface area contributed by atoms with Gasteiger partial charge in [0.15, 0.2) is 0 Å². The summed E-state index contributed by atoms with van der Waals surface area (Å²) in [4.78, 5) is 23.4. The average Bonchev–Trinajstić information content (AvgIpc) is 2.74. The van der Waals surface area contributed by atoms with E-state index in [9.17, 15) is 9.59 Å². The standard InChI is InChI=1S/C15H20BrIO4S/c1-4-5-7-15(2,3)21-14(19)13(18)20-8-6-10-9-11(17)22-12(10)16/h9H,4-8H2,1-3H3. The molecular weight excluding hydrogens is 483 g/mol. The molecule has 0 saturated carbocycles. The molecule has 1 aromatic rings. The molecule has 4 nitrogen and oxygen atoms in total. The van der Waals surface area contributed by atoms with Crippen LogP contribution in [0.5, 0.6) is 0 Å². The highest BCUT2D eigenvalue weighted by atomic mass is 127. The summed E-state index contributed by atoms with van der Waals surface area (Å²) in [5, 5.41) is 0. The molecule has 1 heterocycles. The second-order valence-corrected chi connectivity index (χ2v) is 9.75. The molecule has 0 atom stereocenters. The van der Waals surface area contributed by atoms with Crippen LogP contribution in [0.2, 0.25) is 0 Å². The lowest BCUT2D eigenvalue weighted by molar-refractivity contribution is -0.176. The molecule has 0 amide bonds. The lowest BCUT2D eigenvalue weighted by Gasteiger charge is -2.24. The molecule has 7 heteroatoms. The van der Waals surface area contributed by atoms with Crippen molar-refractivity contribution in [3.05, 3.63) is 18.3 Å². The van der Waals surface area contributed by atoms with Crippen LogP contribution >= 0.6 is 49.9 Å². The molecule has 0 aromatic carbocycles. The van der Waals surface area contributed by atoms with Gasteiger partial charge in [-0.2, -0.15) is 0 Å². The van der Waals surface area contributed by atoms with Crippen LogP contribution in [-0.4, -0.2) is 24.1 Å². The van der Waals surface area contributed by atoms with Crippen molar-refractivity contribution < 1.29 is 19.1 Å². The van der Waals surface area contributed by atoms with Gasteiger partial charge in [0.2, 0.25) is 0 Å². The Labute approximate surface area is 157 Å². The predicted molar refractivity (Wildman–Crippen MR) is 99.1 cm³/mol. The summed E-state index contributed by atoms with van der Waals surface area (Å²) in [6.07, 6.45) is 3.25. The summed E-state index contributed by atoms with van der Waals surface area (Å²) in [5.74, 6) is -1.84. The van der Waals surface area contributed by atoms with E-state index in [1.165, 1.54) is 0 Å². The molecule has 124 valence electrons. The minimum Gasteiger partial charge on any atom is -0.457 e. The molecule has 0 saturated heterocycles. The number of esters is 2. The number of thiophene rings is 1. The zero-order chi connectivity index (χ0) is 16.8. The lowest BCUT2D eigenvalue weighted by Crippen LogP contribution is -2.33. The maximum absolute atomic E-state index is 11.7. The van der Waals surface area contributed by atoms with Gasteiger partial charge < -0.3 is 9.47 Å². The molecule has 22 heavy (non-hydrogen) atoms. The first-order chi connectivity index (χ1) is 10.2. The highest BCUT2D eigenvalue weighted by molar-refractivity contribution is 14.1. The third kappa shape index (κ3) is 6.95. The Morgan fingerprint density at radius 1 is 1.36 bits per heavy atom. The van der Waals surface area contributed by atoms with Crippen molar-refractivity contribution in [2.45, 2.75) is 52.1 Å². The fourth-order valence-electron chi connectivity index (χ4n) is 1.80. The van der Waals surface area contributed by atoms with E-state index in [1.807, 2.05) is 6.07 Å². The van der Waals surface area contributed by atoms with Crippen LogP contribution in [0.4, 0.5) is 0 Å². The number of hydrogen-bond donors (Lipinski definition) is 0. The molecule has 1 rings (SSSR count). The van der Waals surface area contributed by atoms with E-state index in [0.29, 0.717) is 6.42 Å². The van der Waals surface area contributed by atoms with Gasteiger partial charge in [-0.05, 0) is 76.8 Å². The molecule has 0 aliphatic rings. The summed E-state index contributed by atoms with van der Waals surface area (Å²) >= 11 is 7.31. The van der Waals surface area contributed by atoms with Gasteiger partial charge in [0.1, 0.15) is 5.60 Å². The molecule has 1 aromatic heterocycles. The van der Waals surface area contributed by atoms with Crippen molar-refractivity contribution in [3.63, 3.8) is 0 Å². The largest absolute Gasteiger partial charge is 0.457 e. The zero-order valence-corrected chi connectivity index (χ0v) is 17.5. The van der Waals surface area contributed by atoms with Gasteiger partial charge in [-0.15, -0.1) is 11.3 Å². The molecule has 0 N–H and O–H groups in total. The summed E-state index contributed by atoms with van der Waals surface area (Å²) in [5.41, 5.74) is 0.428. The quantitative estimate of drug-likeness (QED) is 0.307. The normalized spacial score (nSPS) is 11.3. The van der Waals surface area contributed by atoms with Crippen LogP contribution in [0.15, 0.2) is 9.85 Å². The number of rotatable bonds is 7. The highest BCUT2D eigenvalue weighted by Gasteiger charge is 2.27. The number of carbonyl (C=O) groups excluding carboxylic acids is 2. The first-order valence-electron chi connectivity index (χ1n) is 7.09. The van der Waals surface area contributed by atoms with Crippen LogP contribution in [-0.2, 0) is 25.5 Å². The molecule has 0 fully saturated rings. The van der Waals surface area contributed by atoms with E-state index >= 15 is 0 Å². The van der Waals surface area contributed by atoms with Gasteiger partial charge in [-0.3, -0.25) is 0 Å². The monoisotopic (exact) mass is 502 g/mol. The Kier molecular flexibility index (Phi) is 8.34. The molecule has 0 bridgehead atoms. The minimum atomic E-state index is -0.925. The van der Waals surface area contributed by atoms with Crippen LogP contribution in [0.1, 0.15) is 45.6 Å². The lowest BCUT2D eigenvalue weighted by atomic mass is 10.0. The third-order valence-corrected chi connectivity index (χ3v) is 5.72. The minimum absolute atomic E-state index is 0.161. The Morgan fingerprint density at radius 3 is 2.59 bits per heavy atom. The number of unbranched alkanes of at least 4 members (excludes halogenated alkanes) is 1. The summed E-state index contributed by atoms with van der Waals surface area (Å²) in [6.45, 7) is 5.83. The molecule has 0 unspecified atom stereocenters. The third-order valence-electron chi connectivity index (χ3n) is 3.00. The van der Waals surface area contributed by atoms with Gasteiger partial charge in [0.25, 0.3) is 0 Å². The second-order valence-electron chi connectivity index (χ2n) is 5.49. The van der Waals surface area contributed by atoms with Crippen molar-refractivity contribution >= 4 is 61.8 Å². The van der Waals surface area contributed by atoms with Crippen molar-refractivity contribution in [3.8, 4) is 0 Å². The van der Waals surface area contributed by atoms with E-state index in [4.69, 9.17) is 9.47 Å². The predicted octanol–water partition coefficient (Wildman–Crippen LogP) is 4.71. The maximum atomic E-state index is 11.7. The van der Waals surface area contributed by atoms with Crippen molar-refractivity contribution in [1.29, 1.82) is 0 Å². The molecule has 0 aliphatic heterocycles. The summed E-state index contributed by atoms with van der Waals surface area (Å²) < 4.78 is 12.4. The van der Waals surface area contributed by atoms with Crippen molar-refractivity contribution in [1.82, 2.24) is 0 Å². The van der Waals surface area contributed by atoms with Gasteiger partial charge >= 0.3 is 11.9 Å². The number of carbonyl (C=O) groups is 2. The van der Waals surface area contributed by atoms with Gasteiger partial charge in [-0.25, -0.2) is 9.59 Å². The Balaban J connectivity index is 2.38. The Hall–Kier alpha value is -0.150. The fraction of sp³-hybridized carbons (Fsp3) is 0.600. The molecular formula is C15H20BrIO4S. The second kappa shape index (κ2) is 9.22. The van der Waals surface area contributed by atoms with E-state index in [0.717, 1.165) is 31.5 Å². The Morgan fingerprint density at radius 2 is 2.05 bits per heavy atom. The number of hydrogen-bond acceptors (Lipinski definition) is 5. The maximum Gasteiger partial charge on any atom is 0.418 e. The Bertz CT molecular complexity index is 528. The molecule has 0 spiro atoms. The van der Waals surface area contributed by atoms with E-state index in [-0.39, 0.29) is 6.61 Å². The summed E-state index contributed by atoms with van der Waals surface area (Å²) in [6, 6.07) is 2.02. The van der Waals surface area contributed by atoms with Crippen LogP contribution in [0, 0.1) is 2.88 Å². The van der Waals surface area contributed by atoms with E-state index < -0.39 is 17.5 Å². The van der Waals surface area contributed by atoms with Crippen LogP contribution in [0.3, 0.4) is 0 Å². The molecule has 0 radical (unpaired) electrons. The first kappa shape index (κ1) is 19.9. The van der Waals surface area contributed by atoms with Crippen LogP contribution < -0.4 is 0 Å². The topological polar surface area (TPSA) is 52.6 Å². The molecule has 0 aliphatic carbocycles. The number of halogens is 2. The van der Waals surface area contributed by atoms with Crippen molar-refractivity contribution in [2.24, 2.45) is 0 Å². The fourth-order valence-corrected chi connectivity index (χ4v) is 5.25.